The third-order valence-corrected chi connectivity index (χ3v) is 4.29. The van der Waals surface area contributed by atoms with Crippen molar-refractivity contribution in [2.45, 2.75) is 43.7 Å². The molecule has 0 spiro atoms. The second-order valence-corrected chi connectivity index (χ2v) is 6.59. The number of hydrogen-bond acceptors (Lipinski definition) is 1. The minimum atomic E-state index is -6.15. The van der Waals surface area contributed by atoms with Crippen molar-refractivity contribution in [3.63, 3.8) is 0 Å². The molecule has 1 heterocycles. The van der Waals surface area contributed by atoms with Crippen LogP contribution in [0.25, 0.3) is 0 Å². The van der Waals surface area contributed by atoms with E-state index in [0.29, 0.717) is 17.7 Å². The molecule has 0 saturated heterocycles. The zero-order valence-electron chi connectivity index (χ0n) is 13.1. The van der Waals surface area contributed by atoms with Crippen molar-refractivity contribution in [3.8, 4) is 0 Å². The van der Waals surface area contributed by atoms with Crippen molar-refractivity contribution in [3.05, 3.63) is 52.3 Å². The molecule has 0 bridgehead atoms. The van der Waals surface area contributed by atoms with E-state index in [1.165, 1.54) is 32.2 Å². The van der Waals surface area contributed by atoms with Crippen LogP contribution < -0.4 is 0 Å². The van der Waals surface area contributed by atoms with Crippen LogP contribution in [0.1, 0.15) is 25.8 Å². The lowest BCUT2D eigenvalue weighted by Gasteiger charge is -2.37. The van der Waals surface area contributed by atoms with E-state index in [1.807, 2.05) is 0 Å². The lowest BCUT2D eigenvalue weighted by Crippen LogP contribution is -2.55. The van der Waals surface area contributed by atoms with Gasteiger partial charge < -0.3 is 0 Å². The Balaban J connectivity index is 2.69. The zero-order chi connectivity index (χ0) is 19.3. The average molecular weight is 388 g/mol. The van der Waals surface area contributed by atoms with Gasteiger partial charge in [0.15, 0.2) is 0 Å². The summed E-state index contributed by atoms with van der Waals surface area (Å²) < 4.78 is 92.6. The lowest BCUT2D eigenvalue weighted by atomic mass is 9.71. The Labute approximate surface area is 144 Å². The highest BCUT2D eigenvalue weighted by Crippen LogP contribution is 2.53. The monoisotopic (exact) mass is 387 g/mol. The third kappa shape index (κ3) is 3.41. The van der Waals surface area contributed by atoms with E-state index in [2.05, 4.69) is 4.98 Å². The van der Waals surface area contributed by atoms with Gasteiger partial charge in [0.05, 0.1) is 0 Å². The molecular formula is C16H13ClF7N. The van der Waals surface area contributed by atoms with Gasteiger partial charge in [-0.05, 0) is 31.0 Å². The van der Waals surface area contributed by atoms with Crippen LogP contribution in [-0.2, 0) is 5.41 Å². The third-order valence-electron chi connectivity index (χ3n) is 4.09. The van der Waals surface area contributed by atoms with Gasteiger partial charge in [0.1, 0.15) is 5.15 Å². The summed E-state index contributed by atoms with van der Waals surface area (Å²) in [7, 11) is 0. The minimum Gasteiger partial charge on any atom is -0.245 e. The lowest BCUT2D eigenvalue weighted by molar-refractivity contribution is -0.325. The molecule has 2 rings (SSSR count). The van der Waals surface area contributed by atoms with Gasteiger partial charge in [0.2, 0.25) is 0 Å². The highest BCUT2D eigenvalue weighted by atomic mass is 35.5. The fraction of sp³-hybridized carbons (Fsp3) is 0.438. The van der Waals surface area contributed by atoms with Crippen molar-refractivity contribution in [1.29, 1.82) is 0 Å². The maximum atomic E-state index is 14.4. The van der Waals surface area contributed by atoms with Crippen LogP contribution >= 0.6 is 11.6 Å². The molecule has 0 N–H and O–H groups in total. The number of alkyl halides is 7. The molecule has 0 aromatic carbocycles. The van der Waals surface area contributed by atoms with Gasteiger partial charge in [0, 0.05) is 17.2 Å². The Kier molecular flexibility index (Phi) is 4.74. The van der Waals surface area contributed by atoms with E-state index in [9.17, 15) is 30.7 Å². The van der Waals surface area contributed by atoms with Crippen LogP contribution in [0.3, 0.4) is 0 Å². The quantitative estimate of drug-likeness (QED) is 0.441. The summed E-state index contributed by atoms with van der Waals surface area (Å²) in [6.45, 7) is 2.77. The van der Waals surface area contributed by atoms with Crippen molar-refractivity contribution in [2.75, 3.05) is 0 Å². The standard InChI is InChI=1S/C16H13ClF7N/c1-9-5-11(14(18,15(19,20)21)16(22,23)24)8-13(2,7-9)10-3-4-25-12(17)6-10/h3-6,8H,7H2,1-2H3. The number of aromatic nitrogens is 1. The number of nitrogens with zero attached hydrogens (tertiary/aromatic N) is 1. The number of pyridine rings is 1. The fourth-order valence-electron chi connectivity index (χ4n) is 2.96. The highest BCUT2D eigenvalue weighted by Gasteiger charge is 2.74. The van der Waals surface area contributed by atoms with E-state index in [-0.39, 0.29) is 17.1 Å². The van der Waals surface area contributed by atoms with E-state index in [0.717, 1.165) is 0 Å². The molecule has 1 aliphatic carbocycles. The molecule has 0 radical (unpaired) electrons. The molecule has 1 nitrogen and oxygen atoms in total. The Hall–Kier alpha value is -1.57. The Morgan fingerprint density at radius 2 is 1.64 bits per heavy atom. The Bertz CT molecular complexity index is 719. The number of rotatable bonds is 2. The van der Waals surface area contributed by atoms with Crippen molar-refractivity contribution < 1.29 is 30.7 Å². The van der Waals surface area contributed by atoms with E-state index < -0.39 is 29.0 Å². The van der Waals surface area contributed by atoms with E-state index >= 15 is 0 Å². The van der Waals surface area contributed by atoms with Gasteiger partial charge in [-0.15, -0.1) is 0 Å². The summed E-state index contributed by atoms with van der Waals surface area (Å²) in [6.07, 6.45) is -9.63. The van der Waals surface area contributed by atoms with E-state index in [1.54, 1.807) is 0 Å². The summed E-state index contributed by atoms with van der Waals surface area (Å²) >= 11 is 5.75. The summed E-state index contributed by atoms with van der Waals surface area (Å²) in [6, 6.07) is 2.75. The number of halogens is 8. The van der Waals surface area contributed by atoms with Crippen LogP contribution in [0.15, 0.2) is 41.6 Å². The molecular weight excluding hydrogens is 375 g/mol. The van der Waals surface area contributed by atoms with Crippen LogP contribution in [0.2, 0.25) is 5.15 Å². The topological polar surface area (TPSA) is 12.9 Å². The van der Waals surface area contributed by atoms with Gasteiger partial charge in [-0.25, -0.2) is 9.37 Å². The zero-order valence-corrected chi connectivity index (χ0v) is 13.8. The van der Waals surface area contributed by atoms with Crippen LogP contribution in [0, 0.1) is 0 Å². The molecule has 0 fully saturated rings. The second-order valence-electron chi connectivity index (χ2n) is 6.21. The number of allylic oxidation sites excluding steroid dienone is 4. The molecule has 1 aliphatic rings. The first-order chi connectivity index (χ1) is 11.2. The van der Waals surface area contributed by atoms with Gasteiger partial charge >= 0.3 is 18.0 Å². The molecule has 9 heteroatoms. The van der Waals surface area contributed by atoms with Gasteiger partial charge in [-0.3, -0.25) is 0 Å². The number of hydrogen-bond donors (Lipinski definition) is 0. The smallest absolute Gasteiger partial charge is 0.245 e. The largest absolute Gasteiger partial charge is 0.435 e. The van der Waals surface area contributed by atoms with Crippen LogP contribution in [0.4, 0.5) is 30.7 Å². The summed E-state index contributed by atoms with van der Waals surface area (Å²) in [5.74, 6) is 0. The highest BCUT2D eigenvalue weighted by molar-refractivity contribution is 6.29. The van der Waals surface area contributed by atoms with Gasteiger partial charge in [-0.2, -0.15) is 26.3 Å². The molecule has 25 heavy (non-hydrogen) atoms. The molecule has 0 aliphatic heterocycles. The molecule has 1 aromatic heterocycles. The minimum absolute atomic E-state index is 0.0269. The first-order valence-corrected chi connectivity index (χ1v) is 7.43. The summed E-state index contributed by atoms with van der Waals surface area (Å²) in [5.41, 5.74) is -7.71. The molecule has 1 atom stereocenters. The van der Waals surface area contributed by atoms with Crippen molar-refractivity contribution in [1.82, 2.24) is 4.98 Å². The van der Waals surface area contributed by atoms with E-state index in [4.69, 9.17) is 11.6 Å². The Morgan fingerprint density at radius 3 is 2.12 bits per heavy atom. The Morgan fingerprint density at radius 1 is 1.08 bits per heavy atom. The summed E-state index contributed by atoms with van der Waals surface area (Å²) in [4.78, 5) is 3.73. The van der Waals surface area contributed by atoms with Gasteiger partial charge in [-0.1, -0.05) is 36.2 Å². The van der Waals surface area contributed by atoms with Crippen LogP contribution in [-0.4, -0.2) is 23.0 Å². The summed E-state index contributed by atoms with van der Waals surface area (Å²) in [5, 5.41) is 0.0269. The molecule has 1 unspecified atom stereocenters. The maximum absolute atomic E-state index is 14.4. The second kappa shape index (κ2) is 6.00. The van der Waals surface area contributed by atoms with Crippen molar-refractivity contribution >= 4 is 11.6 Å². The molecule has 0 amide bonds. The predicted molar refractivity (Wildman–Crippen MR) is 79.0 cm³/mol. The molecule has 1 aromatic rings. The maximum Gasteiger partial charge on any atom is 0.435 e. The average Bonchev–Trinajstić information content (AvgIpc) is 2.43. The molecule has 138 valence electrons. The normalized spacial score (nSPS) is 22.5. The van der Waals surface area contributed by atoms with Crippen molar-refractivity contribution in [2.24, 2.45) is 0 Å². The fourth-order valence-corrected chi connectivity index (χ4v) is 3.14. The molecule has 0 saturated carbocycles. The van der Waals surface area contributed by atoms with Crippen LogP contribution in [0.5, 0.6) is 0 Å². The SMILES string of the molecule is CC1=CC(C(F)(C(F)(F)F)C(F)(F)F)=CC(C)(c2ccnc(Cl)c2)C1. The first-order valence-electron chi connectivity index (χ1n) is 7.05. The predicted octanol–water partition coefficient (Wildman–Crippen LogP) is 6.10. The van der Waals surface area contributed by atoms with Gasteiger partial charge in [0.25, 0.3) is 0 Å². The first kappa shape index (κ1) is 19.8.